The van der Waals surface area contributed by atoms with Gasteiger partial charge < -0.3 is 14.8 Å². The Hall–Kier alpha value is -3.06. The zero-order chi connectivity index (χ0) is 18.8. The van der Waals surface area contributed by atoms with Crippen LogP contribution in [0.1, 0.15) is 15.9 Å². The first kappa shape index (κ1) is 17.4. The summed E-state index contributed by atoms with van der Waals surface area (Å²) in [7, 11) is 0. The number of H-pyrrole nitrogens is 1. The Bertz CT molecular complexity index is 988. The van der Waals surface area contributed by atoms with Gasteiger partial charge in [0.2, 0.25) is 0 Å². The van der Waals surface area contributed by atoms with Crippen LogP contribution in [0.4, 0.5) is 4.39 Å². The molecule has 0 bridgehead atoms. The molecule has 0 aliphatic carbocycles. The van der Waals surface area contributed by atoms with Crippen LogP contribution in [0.15, 0.2) is 42.6 Å². The van der Waals surface area contributed by atoms with Crippen LogP contribution in [0.5, 0.6) is 11.5 Å². The predicted molar refractivity (Wildman–Crippen MR) is 97.6 cm³/mol. The number of fused-ring (bicyclic) bond motifs is 1. The Labute approximate surface area is 159 Å². The van der Waals surface area contributed by atoms with Gasteiger partial charge in [-0.25, -0.2) is 4.39 Å². The number of benzene rings is 2. The van der Waals surface area contributed by atoms with Crippen LogP contribution < -0.4 is 14.8 Å². The number of hydrogen-bond acceptors (Lipinski definition) is 4. The average molecular weight is 388 g/mol. The molecule has 6 nitrogen and oxygen atoms in total. The van der Waals surface area contributed by atoms with Crippen molar-refractivity contribution in [1.29, 1.82) is 0 Å². The summed E-state index contributed by atoms with van der Waals surface area (Å²) >= 11 is 6.22. The quantitative estimate of drug-likeness (QED) is 0.717. The molecule has 1 aromatic heterocycles. The van der Waals surface area contributed by atoms with E-state index in [1.807, 2.05) is 0 Å². The summed E-state index contributed by atoms with van der Waals surface area (Å²) in [4.78, 5) is 12.6. The first-order chi connectivity index (χ1) is 13.1. The minimum Gasteiger partial charge on any atom is -0.486 e. The van der Waals surface area contributed by atoms with Crippen molar-refractivity contribution in [2.24, 2.45) is 0 Å². The normalized spacial score (nSPS) is 12.7. The zero-order valence-corrected chi connectivity index (χ0v) is 14.8. The molecule has 0 radical (unpaired) electrons. The van der Waals surface area contributed by atoms with Gasteiger partial charge in [0.25, 0.3) is 5.91 Å². The molecule has 0 saturated carbocycles. The van der Waals surface area contributed by atoms with E-state index < -0.39 is 0 Å². The molecule has 0 fully saturated rings. The maximum atomic E-state index is 13.1. The number of aromatic amines is 1. The van der Waals surface area contributed by atoms with Crippen molar-refractivity contribution in [3.8, 4) is 22.8 Å². The number of halogens is 2. The van der Waals surface area contributed by atoms with Gasteiger partial charge in [-0.2, -0.15) is 5.10 Å². The Morgan fingerprint density at radius 2 is 2.00 bits per heavy atom. The standard InChI is InChI=1S/C19H15ClFN3O3/c20-15-7-11(8-16-18(15)27-6-5-26-16)9-22-19(25)14-10-23-24-17(14)12-1-3-13(21)4-2-12/h1-4,7-8,10H,5-6,9H2,(H,22,25)(H,23,24). The van der Waals surface area contributed by atoms with Crippen molar-refractivity contribution in [1.82, 2.24) is 15.5 Å². The Morgan fingerprint density at radius 3 is 2.81 bits per heavy atom. The largest absolute Gasteiger partial charge is 0.486 e. The van der Waals surface area contributed by atoms with Crippen molar-refractivity contribution in [3.63, 3.8) is 0 Å². The maximum absolute atomic E-state index is 13.1. The van der Waals surface area contributed by atoms with E-state index in [0.717, 1.165) is 5.56 Å². The molecule has 1 amide bonds. The molecule has 1 aliphatic heterocycles. The van der Waals surface area contributed by atoms with Gasteiger partial charge in [0.1, 0.15) is 19.0 Å². The number of hydrogen-bond donors (Lipinski definition) is 2. The second-order valence-electron chi connectivity index (χ2n) is 5.95. The van der Waals surface area contributed by atoms with E-state index in [1.165, 1.54) is 18.3 Å². The smallest absolute Gasteiger partial charge is 0.255 e. The van der Waals surface area contributed by atoms with Crippen LogP contribution in [0, 0.1) is 5.82 Å². The van der Waals surface area contributed by atoms with Gasteiger partial charge in [-0.3, -0.25) is 9.89 Å². The van der Waals surface area contributed by atoms with E-state index in [-0.39, 0.29) is 18.3 Å². The van der Waals surface area contributed by atoms with Crippen LogP contribution in [-0.4, -0.2) is 29.3 Å². The van der Waals surface area contributed by atoms with Crippen molar-refractivity contribution >= 4 is 17.5 Å². The lowest BCUT2D eigenvalue weighted by molar-refractivity contribution is 0.0951. The van der Waals surface area contributed by atoms with E-state index in [1.54, 1.807) is 24.3 Å². The van der Waals surface area contributed by atoms with E-state index >= 15 is 0 Å². The highest BCUT2D eigenvalue weighted by molar-refractivity contribution is 6.32. The van der Waals surface area contributed by atoms with Gasteiger partial charge in [0.05, 0.1) is 22.5 Å². The molecule has 0 spiro atoms. The Morgan fingerprint density at radius 1 is 1.22 bits per heavy atom. The molecule has 0 unspecified atom stereocenters. The van der Waals surface area contributed by atoms with Crippen LogP contribution in [0.3, 0.4) is 0 Å². The van der Waals surface area contributed by atoms with Crippen molar-refractivity contribution in [2.75, 3.05) is 13.2 Å². The summed E-state index contributed by atoms with van der Waals surface area (Å²) in [6.45, 7) is 1.16. The summed E-state index contributed by atoms with van der Waals surface area (Å²) in [5, 5.41) is 9.98. The topological polar surface area (TPSA) is 76.2 Å². The Balaban J connectivity index is 1.50. The molecule has 2 aromatic carbocycles. The van der Waals surface area contributed by atoms with Crippen molar-refractivity contribution < 1.29 is 18.7 Å². The molecule has 3 aromatic rings. The molecule has 8 heteroatoms. The van der Waals surface area contributed by atoms with Gasteiger partial charge in [-0.05, 0) is 42.0 Å². The Kier molecular flexibility index (Phi) is 4.68. The van der Waals surface area contributed by atoms with E-state index in [9.17, 15) is 9.18 Å². The summed E-state index contributed by atoms with van der Waals surface area (Å²) in [5.41, 5.74) is 2.34. The fourth-order valence-electron chi connectivity index (χ4n) is 2.84. The molecule has 4 rings (SSSR count). The average Bonchev–Trinajstić information content (AvgIpc) is 3.17. The summed E-state index contributed by atoms with van der Waals surface area (Å²) in [5.74, 6) is 0.425. The van der Waals surface area contributed by atoms with Crippen LogP contribution in [-0.2, 0) is 6.54 Å². The van der Waals surface area contributed by atoms with Gasteiger partial charge in [-0.15, -0.1) is 0 Å². The molecule has 2 heterocycles. The van der Waals surface area contributed by atoms with Crippen molar-refractivity contribution in [3.05, 3.63) is 64.6 Å². The number of rotatable bonds is 4. The minimum atomic E-state index is -0.347. The zero-order valence-electron chi connectivity index (χ0n) is 14.1. The third-order valence-electron chi connectivity index (χ3n) is 4.13. The first-order valence-corrected chi connectivity index (χ1v) is 8.65. The third-order valence-corrected chi connectivity index (χ3v) is 4.41. The maximum Gasteiger partial charge on any atom is 0.255 e. The fourth-order valence-corrected chi connectivity index (χ4v) is 3.13. The lowest BCUT2D eigenvalue weighted by atomic mass is 10.1. The minimum absolute atomic E-state index is 0.253. The number of amides is 1. The van der Waals surface area contributed by atoms with Crippen molar-refractivity contribution in [2.45, 2.75) is 6.54 Å². The molecule has 0 saturated heterocycles. The predicted octanol–water partition coefficient (Wildman–Crippen LogP) is 3.57. The molecular weight excluding hydrogens is 373 g/mol. The second-order valence-corrected chi connectivity index (χ2v) is 6.36. The van der Waals surface area contributed by atoms with Crippen LogP contribution in [0.25, 0.3) is 11.3 Å². The SMILES string of the molecule is O=C(NCc1cc(Cl)c2c(c1)OCCO2)c1cn[nH]c1-c1ccc(F)cc1. The molecule has 1 aliphatic rings. The van der Waals surface area contributed by atoms with Crippen LogP contribution in [0.2, 0.25) is 5.02 Å². The molecular formula is C19H15ClFN3O3. The summed E-state index contributed by atoms with van der Waals surface area (Å²) in [6.07, 6.45) is 1.44. The number of carbonyl (C=O) groups is 1. The highest BCUT2D eigenvalue weighted by atomic mass is 35.5. The third kappa shape index (κ3) is 3.59. The van der Waals surface area contributed by atoms with Gasteiger partial charge in [-0.1, -0.05) is 11.6 Å². The lowest BCUT2D eigenvalue weighted by Crippen LogP contribution is -2.23. The van der Waals surface area contributed by atoms with Gasteiger partial charge in [0, 0.05) is 12.1 Å². The summed E-state index contributed by atoms with van der Waals surface area (Å²) < 4.78 is 24.1. The second kappa shape index (κ2) is 7.28. The monoisotopic (exact) mass is 387 g/mol. The van der Waals surface area contributed by atoms with Gasteiger partial charge in [0.15, 0.2) is 11.5 Å². The van der Waals surface area contributed by atoms with E-state index in [4.69, 9.17) is 21.1 Å². The van der Waals surface area contributed by atoms with E-state index in [0.29, 0.717) is 46.6 Å². The number of nitrogens with one attached hydrogen (secondary N) is 2. The van der Waals surface area contributed by atoms with Gasteiger partial charge >= 0.3 is 0 Å². The molecule has 2 N–H and O–H groups in total. The summed E-state index contributed by atoms with van der Waals surface area (Å²) in [6, 6.07) is 9.34. The highest BCUT2D eigenvalue weighted by Crippen LogP contribution is 2.38. The molecule has 0 atom stereocenters. The number of nitrogens with zero attached hydrogens (tertiary/aromatic N) is 1. The highest BCUT2D eigenvalue weighted by Gasteiger charge is 2.18. The first-order valence-electron chi connectivity index (χ1n) is 8.27. The number of aromatic nitrogens is 2. The lowest BCUT2D eigenvalue weighted by Gasteiger charge is -2.20. The van der Waals surface area contributed by atoms with Crippen LogP contribution >= 0.6 is 11.6 Å². The fraction of sp³-hybridized carbons (Fsp3) is 0.158. The van der Waals surface area contributed by atoms with E-state index in [2.05, 4.69) is 15.5 Å². The number of carbonyl (C=O) groups excluding carboxylic acids is 1. The molecule has 27 heavy (non-hydrogen) atoms. The molecule has 138 valence electrons. The number of ether oxygens (including phenoxy) is 2.